The number of methoxy groups -OCH3 is 1. The Bertz CT molecular complexity index is 1640. The summed E-state index contributed by atoms with van der Waals surface area (Å²) in [6.45, 7) is 14.1. The SMILES string of the molecule is CC[C@@H]1c2c(C#N)ncn2-c2cnc(Nc3ccc(C(=O)NC4CCN(C5CCNCC5)[C@H](CC(C)C)C4)cc3OC)nc2N1C(C)C. The van der Waals surface area contributed by atoms with E-state index in [1.54, 1.807) is 25.7 Å². The summed E-state index contributed by atoms with van der Waals surface area (Å²) in [5.74, 6) is 2.23. The van der Waals surface area contributed by atoms with Crippen LogP contribution in [0.2, 0.25) is 0 Å². The summed E-state index contributed by atoms with van der Waals surface area (Å²) in [6.07, 6.45) is 9.71. The number of benzene rings is 1. The van der Waals surface area contributed by atoms with Gasteiger partial charge < -0.3 is 25.6 Å². The molecular formula is C36H50N10O2. The molecule has 12 nitrogen and oxygen atoms in total. The number of hydrogen-bond acceptors (Lipinski definition) is 10. The average Bonchev–Trinajstić information content (AvgIpc) is 3.52. The van der Waals surface area contributed by atoms with Crippen LogP contribution in [0.1, 0.15) is 101 Å². The lowest BCUT2D eigenvalue weighted by molar-refractivity contribution is 0.0491. The number of fused-ring (bicyclic) bond motifs is 3. The van der Waals surface area contributed by atoms with Crippen LogP contribution in [0.4, 0.5) is 17.5 Å². The molecule has 3 N–H and O–H groups in total. The maximum absolute atomic E-state index is 13.5. The van der Waals surface area contributed by atoms with E-state index in [1.165, 1.54) is 12.8 Å². The third-order valence-electron chi connectivity index (χ3n) is 10.1. The molecule has 1 aromatic carbocycles. The van der Waals surface area contributed by atoms with Crippen LogP contribution in [0.15, 0.2) is 30.7 Å². The smallest absolute Gasteiger partial charge is 0.251 e. The number of nitrogens with zero attached hydrogens (tertiary/aromatic N) is 7. The Kier molecular flexibility index (Phi) is 10.2. The highest BCUT2D eigenvalue weighted by molar-refractivity contribution is 5.95. The van der Waals surface area contributed by atoms with Gasteiger partial charge in [0, 0.05) is 36.3 Å². The van der Waals surface area contributed by atoms with Crippen molar-refractivity contribution in [3.8, 4) is 17.5 Å². The van der Waals surface area contributed by atoms with E-state index in [4.69, 9.17) is 9.72 Å². The summed E-state index contributed by atoms with van der Waals surface area (Å²) in [4.78, 5) is 32.4. The van der Waals surface area contributed by atoms with Crippen LogP contribution in [0.25, 0.3) is 5.69 Å². The molecular weight excluding hydrogens is 604 g/mol. The average molecular weight is 655 g/mol. The van der Waals surface area contributed by atoms with Crippen molar-refractivity contribution in [3.05, 3.63) is 47.7 Å². The van der Waals surface area contributed by atoms with Crippen LogP contribution in [-0.2, 0) is 0 Å². The number of imidazole rings is 1. The molecule has 0 spiro atoms. The summed E-state index contributed by atoms with van der Waals surface area (Å²) >= 11 is 0. The zero-order chi connectivity index (χ0) is 33.9. The number of anilines is 3. The number of nitrogens with one attached hydrogen (secondary N) is 3. The molecule has 48 heavy (non-hydrogen) atoms. The number of ether oxygens (including phenoxy) is 1. The van der Waals surface area contributed by atoms with Crippen LogP contribution in [-0.4, -0.2) is 81.2 Å². The third-order valence-corrected chi connectivity index (χ3v) is 10.1. The number of carbonyl (C=O) groups excluding carboxylic acids is 1. The summed E-state index contributed by atoms with van der Waals surface area (Å²) in [7, 11) is 1.60. The molecule has 6 rings (SSSR count). The molecule has 2 fully saturated rings. The van der Waals surface area contributed by atoms with Gasteiger partial charge in [0.15, 0.2) is 11.5 Å². The monoisotopic (exact) mass is 654 g/mol. The van der Waals surface area contributed by atoms with Gasteiger partial charge >= 0.3 is 0 Å². The highest BCUT2D eigenvalue weighted by Gasteiger charge is 2.37. The first kappa shape index (κ1) is 33.7. The number of likely N-dealkylation sites (tertiary alicyclic amines) is 1. The quantitative estimate of drug-likeness (QED) is 0.263. The molecule has 5 heterocycles. The lowest BCUT2D eigenvalue weighted by atomic mass is 9.88. The molecule has 0 saturated carbocycles. The standard InChI is InChI=1S/C36H50N10O2/c1-7-30-33-29(19-37)40-21-45(33)31-20-39-36(43-34(31)46(30)23(4)5)42-28-9-8-24(17-32(28)48-6)35(47)41-25-12-15-44(26-10-13-38-14-11-26)27(18-25)16-22(2)3/h8-9,17,20-23,25-27,30,38H,7,10-16,18H2,1-6H3,(H,41,47)(H,39,42,43)/t25?,27-,30-/m1/s1. The van der Waals surface area contributed by atoms with Crippen molar-refractivity contribution in [1.29, 1.82) is 5.26 Å². The van der Waals surface area contributed by atoms with Gasteiger partial charge in [0.05, 0.1) is 30.7 Å². The first-order chi connectivity index (χ1) is 23.2. The van der Waals surface area contributed by atoms with Gasteiger partial charge in [0.1, 0.15) is 23.8 Å². The summed E-state index contributed by atoms with van der Waals surface area (Å²) in [5, 5.41) is 19.9. The van der Waals surface area contributed by atoms with Gasteiger partial charge in [-0.05, 0) is 89.6 Å². The molecule has 3 aliphatic rings. The van der Waals surface area contributed by atoms with Crippen molar-refractivity contribution < 1.29 is 9.53 Å². The van der Waals surface area contributed by atoms with Gasteiger partial charge in [0.2, 0.25) is 5.95 Å². The molecule has 2 saturated heterocycles. The number of piperidine rings is 2. The Morgan fingerprint density at radius 3 is 2.65 bits per heavy atom. The molecule has 0 bridgehead atoms. The number of hydrogen-bond donors (Lipinski definition) is 3. The van der Waals surface area contributed by atoms with Crippen molar-refractivity contribution in [2.45, 2.75) is 103 Å². The minimum Gasteiger partial charge on any atom is -0.495 e. The fourth-order valence-electron chi connectivity index (χ4n) is 7.93. The Morgan fingerprint density at radius 1 is 1.17 bits per heavy atom. The van der Waals surface area contributed by atoms with Gasteiger partial charge in [0.25, 0.3) is 5.91 Å². The van der Waals surface area contributed by atoms with Crippen LogP contribution in [0.5, 0.6) is 5.75 Å². The zero-order valence-electron chi connectivity index (χ0n) is 29.2. The molecule has 12 heteroatoms. The lowest BCUT2D eigenvalue weighted by Crippen LogP contribution is -2.55. The van der Waals surface area contributed by atoms with E-state index in [9.17, 15) is 10.1 Å². The summed E-state index contributed by atoms with van der Waals surface area (Å²) in [6, 6.07) is 9.02. The third kappa shape index (κ3) is 6.71. The maximum atomic E-state index is 13.5. The molecule has 0 aliphatic carbocycles. The minimum absolute atomic E-state index is 0.0535. The van der Waals surface area contributed by atoms with E-state index in [1.807, 2.05) is 16.7 Å². The van der Waals surface area contributed by atoms with Gasteiger partial charge in [-0.3, -0.25) is 14.3 Å². The van der Waals surface area contributed by atoms with E-state index in [2.05, 4.69) is 76.4 Å². The first-order valence-corrected chi connectivity index (χ1v) is 17.6. The second kappa shape index (κ2) is 14.5. The Balaban J connectivity index is 1.18. The number of carbonyl (C=O) groups is 1. The number of rotatable bonds is 10. The van der Waals surface area contributed by atoms with Crippen LogP contribution in [0, 0.1) is 17.2 Å². The van der Waals surface area contributed by atoms with E-state index in [0.29, 0.717) is 46.6 Å². The van der Waals surface area contributed by atoms with Crippen LogP contribution < -0.4 is 25.6 Å². The van der Waals surface area contributed by atoms with Crippen LogP contribution >= 0.6 is 0 Å². The Labute approximate surface area is 284 Å². The predicted octanol–water partition coefficient (Wildman–Crippen LogP) is 5.33. The summed E-state index contributed by atoms with van der Waals surface area (Å²) < 4.78 is 7.68. The molecule has 256 valence electrons. The minimum atomic E-state index is -0.0837. The maximum Gasteiger partial charge on any atom is 0.251 e. The predicted molar refractivity (Wildman–Crippen MR) is 187 cm³/mol. The molecule has 3 atom stereocenters. The van der Waals surface area contributed by atoms with Crippen molar-refractivity contribution >= 4 is 23.4 Å². The van der Waals surface area contributed by atoms with E-state index < -0.39 is 0 Å². The highest BCUT2D eigenvalue weighted by atomic mass is 16.5. The number of aromatic nitrogens is 4. The summed E-state index contributed by atoms with van der Waals surface area (Å²) in [5.41, 5.74) is 3.29. The lowest BCUT2D eigenvalue weighted by Gasteiger charge is -2.46. The molecule has 2 aromatic heterocycles. The highest BCUT2D eigenvalue weighted by Crippen LogP contribution is 2.42. The second-order valence-electron chi connectivity index (χ2n) is 14.0. The fraction of sp³-hybridized carbons (Fsp3) is 0.583. The van der Waals surface area contributed by atoms with Crippen molar-refractivity contribution in [3.63, 3.8) is 0 Å². The Hall–Kier alpha value is -4.21. The Morgan fingerprint density at radius 2 is 1.96 bits per heavy atom. The fourth-order valence-corrected chi connectivity index (χ4v) is 7.93. The van der Waals surface area contributed by atoms with E-state index in [-0.39, 0.29) is 24.0 Å². The van der Waals surface area contributed by atoms with Crippen molar-refractivity contribution in [2.24, 2.45) is 5.92 Å². The molecule has 3 aromatic rings. The van der Waals surface area contributed by atoms with Gasteiger partial charge in [-0.15, -0.1) is 0 Å². The van der Waals surface area contributed by atoms with Crippen molar-refractivity contribution in [2.75, 3.05) is 37.0 Å². The van der Waals surface area contributed by atoms with Crippen molar-refractivity contribution in [1.82, 2.24) is 35.1 Å². The molecule has 1 unspecified atom stereocenters. The zero-order valence-corrected chi connectivity index (χ0v) is 29.2. The van der Waals surface area contributed by atoms with E-state index in [0.717, 1.165) is 62.5 Å². The molecule has 1 amide bonds. The van der Waals surface area contributed by atoms with Gasteiger partial charge in [-0.1, -0.05) is 20.8 Å². The number of amides is 1. The largest absolute Gasteiger partial charge is 0.495 e. The second-order valence-corrected chi connectivity index (χ2v) is 14.0. The molecule has 0 radical (unpaired) electrons. The van der Waals surface area contributed by atoms with Gasteiger partial charge in [-0.2, -0.15) is 10.2 Å². The van der Waals surface area contributed by atoms with Crippen LogP contribution in [0.3, 0.4) is 0 Å². The molecule has 3 aliphatic heterocycles. The first-order valence-electron chi connectivity index (χ1n) is 17.6. The number of nitriles is 1. The topological polar surface area (TPSA) is 136 Å². The normalized spacial score (nSPS) is 21.5. The van der Waals surface area contributed by atoms with E-state index >= 15 is 0 Å². The van der Waals surface area contributed by atoms with Gasteiger partial charge in [-0.25, -0.2) is 9.97 Å².